The number of nitrogens with zero attached hydrogens (tertiary/aromatic N) is 4. The zero-order valence-electron chi connectivity index (χ0n) is 19.7. The Kier molecular flexibility index (Phi) is 7.36. The van der Waals surface area contributed by atoms with Gasteiger partial charge in [-0.15, -0.1) is 11.3 Å². The van der Waals surface area contributed by atoms with Gasteiger partial charge < -0.3 is 19.8 Å². The van der Waals surface area contributed by atoms with Gasteiger partial charge in [0, 0.05) is 31.9 Å². The Bertz CT molecular complexity index is 1020. The van der Waals surface area contributed by atoms with E-state index in [4.69, 9.17) is 0 Å². The second-order valence-corrected chi connectivity index (χ2v) is 9.41. The fourth-order valence-electron chi connectivity index (χ4n) is 4.09. The summed E-state index contributed by atoms with van der Waals surface area (Å²) in [7, 11) is 3.86. The normalized spacial score (nSPS) is 16.4. The Hall–Kier alpha value is -2.71. The summed E-state index contributed by atoms with van der Waals surface area (Å²) in [5.74, 6) is -1.30. The van der Waals surface area contributed by atoms with Crippen molar-refractivity contribution in [1.29, 1.82) is 0 Å². The molecule has 0 spiro atoms. The van der Waals surface area contributed by atoms with Crippen LogP contribution >= 0.6 is 11.3 Å². The van der Waals surface area contributed by atoms with Gasteiger partial charge in [-0.2, -0.15) is 0 Å². The van der Waals surface area contributed by atoms with Gasteiger partial charge in [0.05, 0.1) is 27.2 Å². The second-order valence-electron chi connectivity index (χ2n) is 8.21. The van der Waals surface area contributed by atoms with Crippen molar-refractivity contribution in [2.75, 3.05) is 45.2 Å². The molecule has 1 N–H and O–H groups in total. The fourth-order valence-corrected chi connectivity index (χ4v) is 4.96. The maximum absolute atomic E-state index is 13.5. The Labute approximate surface area is 194 Å². The van der Waals surface area contributed by atoms with Crippen LogP contribution in [-0.2, 0) is 4.79 Å². The van der Waals surface area contributed by atoms with E-state index in [9.17, 15) is 14.7 Å². The number of carbonyl (C=O) groups is 2. The molecular weight excluding hydrogens is 424 g/mol. The van der Waals surface area contributed by atoms with E-state index >= 15 is 0 Å². The van der Waals surface area contributed by atoms with Crippen LogP contribution in [0.25, 0.3) is 0 Å². The van der Waals surface area contributed by atoms with Gasteiger partial charge in [-0.1, -0.05) is 12.1 Å². The number of amides is 1. The molecule has 7 nitrogen and oxygen atoms in total. The van der Waals surface area contributed by atoms with Gasteiger partial charge in [-0.3, -0.25) is 9.59 Å². The lowest BCUT2D eigenvalue weighted by molar-refractivity contribution is -0.129. The molecule has 0 fully saturated rings. The third-order valence-electron chi connectivity index (χ3n) is 5.78. The van der Waals surface area contributed by atoms with E-state index in [1.165, 1.54) is 11.3 Å². The van der Waals surface area contributed by atoms with Crippen molar-refractivity contribution >= 4 is 28.7 Å². The molecule has 2 heterocycles. The number of aliphatic hydroxyl groups is 1. The highest BCUT2D eigenvalue weighted by Crippen LogP contribution is 2.40. The Morgan fingerprint density at radius 1 is 1.16 bits per heavy atom. The molecule has 1 aliphatic rings. The molecule has 0 saturated heterocycles. The number of rotatable bonds is 9. The molecular formula is C24H32N4O3S. The first-order valence-corrected chi connectivity index (χ1v) is 11.7. The summed E-state index contributed by atoms with van der Waals surface area (Å²) in [5.41, 5.74) is 2.64. The summed E-state index contributed by atoms with van der Waals surface area (Å²) in [4.78, 5) is 37.2. The van der Waals surface area contributed by atoms with Crippen LogP contribution < -0.4 is 4.90 Å². The highest BCUT2D eigenvalue weighted by atomic mass is 32.1. The predicted molar refractivity (Wildman–Crippen MR) is 129 cm³/mol. The first kappa shape index (κ1) is 23.9. The van der Waals surface area contributed by atoms with Gasteiger partial charge in [-0.05, 0) is 59.5 Å². The zero-order valence-corrected chi connectivity index (χ0v) is 20.5. The number of aromatic nitrogens is 1. The molecule has 2 aromatic rings. The largest absolute Gasteiger partial charge is 0.503 e. The number of benzene rings is 1. The smallest absolute Gasteiger partial charge is 0.290 e. The molecule has 3 rings (SSSR count). The molecule has 1 aromatic carbocycles. The van der Waals surface area contributed by atoms with Crippen LogP contribution in [0.4, 0.5) is 5.69 Å². The third kappa shape index (κ3) is 4.56. The average Bonchev–Trinajstić information content (AvgIpc) is 3.23. The van der Waals surface area contributed by atoms with Crippen molar-refractivity contribution < 1.29 is 14.7 Å². The average molecular weight is 457 g/mol. The molecule has 172 valence electrons. The highest BCUT2D eigenvalue weighted by molar-refractivity contribution is 7.14. The van der Waals surface area contributed by atoms with E-state index in [-0.39, 0.29) is 11.4 Å². The lowest BCUT2D eigenvalue weighted by Crippen LogP contribution is -2.36. The van der Waals surface area contributed by atoms with Gasteiger partial charge in [0.2, 0.25) is 5.78 Å². The number of aryl methyl sites for hydroxylation is 2. The van der Waals surface area contributed by atoms with Crippen molar-refractivity contribution in [3.05, 3.63) is 56.7 Å². The molecule has 1 atom stereocenters. The summed E-state index contributed by atoms with van der Waals surface area (Å²) in [6.07, 6.45) is 0. The van der Waals surface area contributed by atoms with Crippen molar-refractivity contribution in [1.82, 2.24) is 14.8 Å². The number of hydrogen-bond donors (Lipinski definition) is 1. The minimum absolute atomic E-state index is 0.135. The molecule has 1 aliphatic heterocycles. The van der Waals surface area contributed by atoms with Crippen molar-refractivity contribution in [3.8, 4) is 0 Å². The van der Waals surface area contributed by atoms with Crippen LogP contribution in [0.3, 0.4) is 0 Å². The van der Waals surface area contributed by atoms with Crippen LogP contribution in [0, 0.1) is 13.8 Å². The molecule has 8 heteroatoms. The molecule has 0 bridgehead atoms. The number of carbonyl (C=O) groups excluding carboxylic acids is 2. The van der Waals surface area contributed by atoms with Crippen molar-refractivity contribution in [2.45, 2.75) is 33.7 Å². The standard InChI is InChI=1S/C24H32N4O3S/c1-7-27(8-2)18-11-9-17(10-12-18)20-19(21(29)23-15(3)25-16(4)32-23)22(30)24(31)28(20)14-13-26(5)6/h9-12,20,30H,7-8,13-14H2,1-6H3. The van der Waals surface area contributed by atoms with Crippen LogP contribution in [0.5, 0.6) is 0 Å². The number of ketones is 1. The SMILES string of the molecule is CCN(CC)c1ccc(C2C(C(=O)c3sc(C)nc3C)=C(O)C(=O)N2CCN(C)C)cc1. The number of thiazole rings is 1. The maximum atomic E-state index is 13.5. The van der Waals surface area contributed by atoms with E-state index in [1.807, 2.05) is 50.2 Å². The third-order valence-corrected chi connectivity index (χ3v) is 6.86. The number of likely N-dealkylation sites (N-methyl/N-ethyl adjacent to an activating group) is 1. The number of hydrogen-bond acceptors (Lipinski definition) is 7. The lowest BCUT2D eigenvalue weighted by Gasteiger charge is -2.28. The number of Topliss-reactive ketones (excluding diaryl/α,β-unsaturated/α-hetero) is 1. The molecule has 0 aliphatic carbocycles. The quantitative estimate of drug-likeness (QED) is 0.579. The number of anilines is 1. The van der Waals surface area contributed by atoms with E-state index < -0.39 is 17.7 Å². The highest BCUT2D eigenvalue weighted by Gasteiger charge is 2.44. The first-order valence-electron chi connectivity index (χ1n) is 10.9. The Morgan fingerprint density at radius 2 is 1.78 bits per heavy atom. The van der Waals surface area contributed by atoms with Gasteiger partial charge in [-0.25, -0.2) is 4.98 Å². The molecule has 32 heavy (non-hydrogen) atoms. The molecule has 0 saturated carbocycles. The van der Waals surface area contributed by atoms with Gasteiger partial charge in [0.1, 0.15) is 0 Å². The predicted octanol–water partition coefficient (Wildman–Crippen LogP) is 3.75. The van der Waals surface area contributed by atoms with Crippen LogP contribution in [0.15, 0.2) is 35.6 Å². The van der Waals surface area contributed by atoms with Gasteiger partial charge >= 0.3 is 0 Å². The minimum Gasteiger partial charge on any atom is -0.503 e. The van der Waals surface area contributed by atoms with E-state index in [1.54, 1.807) is 11.8 Å². The summed E-state index contributed by atoms with van der Waals surface area (Å²) in [6.45, 7) is 10.6. The van der Waals surface area contributed by atoms with Crippen molar-refractivity contribution in [3.63, 3.8) is 0 Å². The minimum atomic E-state index is -0.637. The van der Waals surface area contributed by atoms with E-state index in [2.05, 4.69) is 23.7 Å². The molecule has 1 amide bonds. The molecule has 0 radical (unpaired) electrons. The first-order chi connectivity index (χ1) is 15.2. The number of aliphatic hydroxyl groups excluding tert-OH is 1. The van der Waals surface area contributed by atoms with Crippen LogP contribution in [-0.4, -0.2) is 71.9 Å². The van der Waals surface area contributed by atoms with Crippen LogP contribution in [0.1, 0.15) is 45.8 Å². The zero-order chi connectivity index (χ0) is 23.6. The Balaban J connectivity index is 2.06. The Morgan fingerprint density at radius 3 is 2.28 bits per heavy atom. The summed E-state index contributed by atoms with van der Waals surface area (Å²) in [6, 6.07) is 7.28. The summed E-state index contributed by atoms with van der Waals surface area (Å²) in [5, 5.41) is 11.6. The fraction of sp³-hybridized carbons (Fsp3) is 0.458. The summed E-state index contributed by atoms with van der Waals surface area (Å²) >= 11 is 1.29. The van der Waals surface area contributed by atoms with Crippen LogP contribution in [0.2, 0.25) is 0 Å². The monoisotopic (exact) mass is 456 g/mol. The van der Waals surface area contributed by atoms with Gasteiger partial charge in [0.25, 0.3) is 5.91 Å². The van der Waals surface area contributed by atoms with E-state index in [0.29, 0.717) is 23.7 Å². The second kappa shape index (κ2) is 9.83. The van der Waals surface area contributed by atoms with Crippen molar-refractivity contribution in [2.24, 2.45) is 0 Å². The van der Waals surface area contributed by atoms with Gasteiger partial charge in [0.15, 0.2) is 5.76 Å². The molecule has 1 aromatic heterocycles. The lowest BCUT2D eigenvalue weighted by atomic mass is 9.94. The summed E-state index contributed by atoms with van der Waals surface area (Å²) < 4.78 is 0. The van der Waals surface area contributed by atoms with E-state index in [0.717, 1.165) is 29.3 Å². The molecule has 1 unspecified atom stereocenters. The topological polar surface area (TPSA) is 77.0 Å². The maximum Gasteiger partial charge on any atom is 0.290 e.